The fourth-order valence-electron chi connectivity index (χ4n) is 3.83. The number of anilines is 1. The van der Waals surface area contributed by atoms with Crippen LogP contribution in [0.3, 0.4) is 0 Å². The van der Waals surface area contributed by atoms with E-state index in [-0.39, 0.29) is 24.3 Å². The highest BCUT2D eigenvalue weighted by atomic mass is 16.2. The zero-order valence-corrected chi connectivity index (χ0v) is 15.5. The number of hydrogen-bond acceptors (Lipinski definition) is 4. The number of carbonyl (C=O) groups is 4. The van der Waals surface area contributed by atoms with Gasteiger partial charge in [-0.2, -0.15) is 0 Å². The number of imide groups is 1. The van der Waals surface area contributed by atoms with E-state index < -0.39 is 17.5 Å². The van der Waals surface area contributed by atoms with Crippen LogP contribution in [-0.4, -0.2) is 47.8 Å². The molecule has 2 unspecified atom stereocenters. The van der Waals surface area contributed by atoms with Crippen LogP contribution in [0.25, 0.3) is 0 Å². The minimum absolute atomic E-state index is 0.0491. The van der Waals surface area contributed by atoms with Crippen LogP contribution in [0.4, 0.5) is 10.5 Å². The van der Waals surface area contributed by atoms with E-state index in [1.54, 1.807) is 24.3 Å². The van der Waals surface area contributed by atoms with Gasteiger partial charge in [0.1, 0.15) is 12.1 Å². The predicted octanol–water partition coefficient (Wildman–Crippen LogP) is 1.49. The van der Waals surface area contributed by atoms with Gasteiger partial charge in [-0.25, -0.2) is 4.79 Å². The standard InChI is InChI=1S/C19H24N4O4/c1-12-5-3-4-10-19(12)17(26)23(18(27)22-19)11-15(24)21-14-8-6-13(7-9-14)16(25)20-2/h6-9,12H,3-5,10-11H2,1-2H3,(H,20,25)(H,21,24)(H,22,27). The number of amides is 5. The minimum Gasteiger partial charge on any atom is -0.355 e. The zero-order chi connectivity index (χ0) is 19.6. The topological polar surface area (TPSA) is 108 Å². The van der Waals surface area contributed by atoms with Crippen molar-refractivity contribution in [1.82, 2.24) is 15.5 Å². The van der Waals surface area contributed by atoms with Gasteiger partial charge in [0.05, 0.1) is 0 Å². The van der Waals surface area contributed by atoms with E-state index >= 15 is 0 Å². The summed E-state index contributed by atoms with van der Waals surface area (Å²) < 4.78 is 0. The average Bonchev–Trinajstić information content (AvgIpc) is 2.89. The molecular weight excluding hydrogens is 348 g/mol. The Hall–Kier alpha value is -2.90. The molecule has 1 aliphatic carbocycles. The molecule has 8 heteroatoms. The summed E-state index contributed by atoms with van der Waals surface area (Å²) in [5, 5.41) is 8.00. The smallest absolute Gasteiger partial charge is 0.325 e. The summed E-state index contributed by atoms with van der Waals surface area (Å²) in [6.45, 7) is 1.63. The second kappa shape index (κ2) is 7.38. The predicted molar refractivity (Wildman–Crippen MR) is 99.1 cm³/mol. The lowest BCUT2D eigenvalue weighted by atomic mass is 9.73. The summed E-state index contributed by atoms with van der Waals surface area (Å²) in [6.07, 6.45) is 3.41. The number of nitrogens with zero attached hydrogens (tertiary/aromatic N) is 1. The number of carbonyl (C=O) groups excluding carboxylic acids is 4. The van der Waals surface area contributed by atoms with Crippen LogP contribution in [0.2, 0.25) is 0 Å². The zero-order valence-electron chi connectivity index (χ0n) is 15.5. The Labute approximate surface area is 157 Å². The fourth-order valence-corrected chi connectivity index (χ4v) is 3.83. The van der Waals surface area contributed by atoms with E-state index in [9.17, 15) is 19.2 Å². The van der Waals surface area contributed by atoms with Crippen molar-refractivity contribution in [3.63, 3.8) is 0 Å². The molecule has 144 valence electrons. The van der Waals surface area contributed by atoms with Crippen molar-refractivity contribution in [3.8, 4) is 0 Å². The van der Waals surface area contributed by atoms with E-state index in [1.165, 1.54) is 7.05 Å². The SMILES string of the molecule is CNC(=O)c1ccc(NC(=O)CN2C(=O)NC3(CCCCC3C)C2=O)cc1. The molecule has 27 heavy (non-hydrogen) atoms. The molecule has 8 nitrogen and oxygen atoms in total. The van der Waals surface area contributed by atoms with Crippen molar-refractivity contribution in [1.29, 1.82) is 0 Å². The molecule has 0 aromatic heterocycles. The lowest BCUT2D eigenvalue weighted by Gasteiger charge is -2.36. The second-order valence-corrected chi connectivity index (χ2v) is 7.14. The number of benzene rings is 1. The van der Waals surface area contributed by atoms with Crippen molar-refractivity contribution in [2.24, 2.45) is 5.92 Å². The molecule has 3 N–H and O–H groups in total. The van der Waals surface area contributed by atoms with Crippen LogP contribution >= 0.6 is 0 Å². The first kappa shape index (κ1) is 18.9. The summed E-state index contributed by atoms with van der Waals surface area (Å²) in [7, 11) is 1.54. The first-order chi connectivity index (χ1) is 12.9. The van der Waals surface area contributed by atoms with Crippen molar-refractivity contribution in [2.75, 3.05) is 18.9 Å². The van der Waals surface area contributed by atoms with E-state index in [4.69, 9.17) is 0 Å². The van der Waals surface area contributed by atoms with Crippen molar-refractivity contribution in [2.45, 2.75) is 38.1 Å². The Morgan fingerprint density at radius 3 is 2.56 bits per heavy atom. The Morgan fingerprint density at radius 2 is 1.93 bits per heavy atom. The molecule has 3 rings (SSSR count). The lowest BCUT2D eigenvalue weighted by Crippen LogP contribution is -2.54. The van der Waals surface area contributed by atoms with Crippen LogP contribution in [0.1, 0.15) is 43.0 Å². The molecule has 1 saturated carbocycles. The lowest BCUT2D eigenvalue weighted by molar-refractivity contribution is -0.136. The second-order valence-electron chi connectivity index (χ2n) is 7.14. The van der Waals surface area contributed by atoms with Gasteiger partial charge in [-0.1, -0.05) is 19.8 Å². The molecule has 5 amide bonds. The van der Waals surface area contributed by atoms with E-state index in [1.807, 2.05) is 6.92 Å². The molecular formula is C19H24N4O4. The van der Waals surface area contributed by atoms with Gasteiger partial charge in [0.15, 0.2) is 0 Å². The molecule has 2 aliphatic rings. The van der Waals surface area contributed by atoms with E-state index in [0.717, 1.165) is 24.2 Å². The summed E-state index contributed by atoms with van der Waals surface area (Å²) in [5.41, 5.74) is 0.0865. The molecule has 1 aromatic carbocycles. The van der Waals surface area contributed by atoms with Crippen LogP contribution in [0, 0.1) is 5.92 Å². The fraction of sp³-hybridized carbons (Fsp3) is 0.474. The molecule has 0 bridgehead atoms. The van der Waals surface area contributed by atoms with Gasteiger partial charge in [-0.05, 0) is 43.0 Å². The summed E-state index contributed by atoms with van der Waals surface area (Å²) in [6, 6.07) is 5.85. The Bertz CT molecular complexity index is 776. The minimum atomic E-state index is -0.870. The van der Waals surface area contributed by atoms with Gasteiger partial charge in [0.2, 0.25) is 5.91 Å². The van der Waals surface area contributed by atoms with Gasteiger partial charge >= 0.3 is 6.03 Å². The molecule has 0 radical (unpaired) electrons. The van der Waals surface area contributed by atoms with E-state index in [0.29, 0.717) is 17.7 Å². The molecule has 2 fully saturated rings. The van der Waals surface area contributed by atoms with Gasteiger partial charge in [-0.3, -0.25) is 19.3 Å². The highest BCUT2D eigenvalue weighted by Gasteiger charge is 2.55. The Morgan fingerprint density at radius 1 is 1.22 bits per heavy atom. The average molecular weight is 372 g/mol. The molecule has 1 aliphatic heterocycles. The van der Waals surface area contributed by atoms with Crippen molar-refractivity contribution < 1.29 is 19.2 Å². The third-order valence-electron chi connectivity index (χ3n) is 5.46. The molecule has 1 spiro atoms. The summed E-state index contributed by atoms with van der Waals surface area (Å²) in [4.78, 5) is 50.0. The van der Waals surface area contributed by atoms with Crippen LogP contribution in [0.15, 0.2) is 24.3 Å². The number of nitrogens with one attached hydrogen (secondary N) is 3. The maximum atomic E-state index is 12.9. The monoisotopic (exact) mass is 372 g/mol. The summed E-state index contributed by atoms with van der Waals surface area (Å²) in [5.74, 6) is -0.955. The van der Waals surface area contributed by atoms with Gasteiger partial charge in [0, 0.05) is 18.3 Å². The number of rotatable bonds is 4. The Kier molecular flexibility index (Phi) is 5.16. The quantitative estimate of drug-likeness (QED) is 0.696. The highest BCUT2D eigenvalue weighted by Crippen LogP contribution is 2.38. The third-order valence-corrected chi connectivity index (χ3v) is 5.46. The third kappa shape index (κ3) is 3.51. The van der Waals surface area contributed by atoms with Crippen LogP contribution in [0.5, 0.6) is 0 Å². The molecule has 2 atom stereocenters. The Balaban J connectivity index is 1.64. The maximum Gasteiger partial charge on any atom is 0.325 e. The summed E-state index contributed by atoms with van der Waals surface area (Å²) >= 11 is 0. The maximum absolute atomic E-state index is 12.9. The molecule has 1 aromatic rings. The molecule has 1 heterocycles. The van der Waals surface area contributed by atoms with Crippen molar-refractivity contribution in [3.05, 3.63) is 29.8 Å². The first-order valence-electron chi connectivity index (χ1n) is 9.13. The normalized spacial score (nSPS) is 24.7. The largest absolute Gasteiger partial charge is 0.355 e. The van der Waals surface area contributed by atoms with Crippen LogP contribution in [-0.2, 0) is 9.59 Å². The number of urea groups is 1. The first-order valence-corrected chi connectivity index (χ1v) is 9.13. The van der Waals surface area contributed by atoms with Crippen molar-refractivity contribution >= 4 is 29.4 Å². The van der Waals surface area contributed by atoms with Crippen LogP contribution < -0.4 is 16.0 Å². The molecule has 1 saturated heterocycles. The van der Waals surface area contributed by atoms with Gasteiger partial charge in [0.25, 0.3) is 11.8 Å². The van der Waals surface area contributed by atoms with E-state index in [2.05, 4.69) is 16.0 Å². The highest BCUT2D eigenvalue weighted by molar-refractivity contribution is 6.10. The number of hydrogen-bond donors (Lipinski definition) is 3. The van der Waals surface area contributed by atoms with Gasteiger partial charge in [-0.15, -0.1) is 0 Å². The van der Waals surface area contributed by atoms with Gasteiger partial charge < -0.3 is 16.0 Å².